The first kappa shape index (κ1) is 9.26. The van der Waals surface area contributed by atoms with E-state index in [1.807, 2.05) is 6.20 Å². The summed E-state index contributed by atoms with van der Waals surface area (Å²) in [6.45, 7) is 5.02. The quantitative estimate of drug-likeness (QED) is 0.712. The molecule has 1 unspecified atom stereocenters. The van der Waals surface area contributed by atoms with Crippen molar-refractivity contribution in [3.8, 4) is 0 Å². The first-order chi connectivity index (χ1) is 5.77. The van der Waals surface area contributed by atoms with E-state index >= 15 is 0 Å². The lowest BCUT2D eigenvalue weighted by molar-refractivity contribution is 0.686. The maximum absolute atomic E-state index is 5.43. The predicted octanol–water partition coefficient (Wildman–Crippen LogP) is 1.42. The molecule has 3 N–H and O–H groups in total. The summed E-state index contributed by atoms with van der Waals surface area (Å²) in [5.74, 6) is 1.61. The number of rotatable bonds is 4. The van der Waals surface area contributed by atoms with Crippen molar-refractivity contribution in [2.75, 3.05) is 6.54 Å². The molecule has 0 saturated carbocycles. The van der Waals surface area contributed by atoms with Crippen molar-refractivity contribution in [1.29, 1.82) is 0 Å². The molecule has 1 atom stereocenters. The van der Waals surface area contributed by atoms with E-state index in [0.29, 0.717) is 12.5 Å². The number of hydrogen-bond donors (Lipinski definition) is 2. The summed E-state index contributed by atoms with van der Waals surface area (Å²) < 4.78 is 0. The molecule has 0 spiro atoms. The van der Waals surface area contributed by atoms with E-state index in [1.165, 1.54) is 0 Å². The molecule has 0 radical (unpaired) electrons. The van der Waals surface area contributed by atoms with Crippen molar-refractivity contribution < 1.29 is 0 Å². The predicted molar refractivity (Wildman–Crippen MR) is 50.1 cm³/mol. The Labute approximate surface area is 73.4 Å². The van der Waals surface area contributed by atoms with Crippen LogP contribution in [-0.2, 0) is 6.42 Å². The van der Waals surface area contributed by atoms with Crippen molar-refractivity contribution in [2.24, 2.45) is 5.73 Å². The molecule has 12 heavy (non-hydrogen) atoms. The van der Waals surface area contributed by atoms with E-state index in [4.69, 9.17) is 5.73 Å². The number of hydrogen-bond acceptors (Lipinski definition) is 2. The van der Waals surface area contributed by atoms with Gasteiger partial charge in [-0.2, -0.15) is 0 Å². The molecule has 0 saturated heterocycles. The third kappa shape index (κ3) is 2.08. The summed E-state index contributed by atoms with van der Waals surface area (Å²) >= 11 is 0. The SMILES string of the molecule is CCC(C)c1ncc(CCN)[nH]1. The number of aromatic amines is 1. The highest BCUT2D eigenvalue weighted by Crippen LogP contribution is 2.14. The smallest absolute Gasteiger partial charge is 0.109 e. The molecule has 1 aromatic heterocycles. The van der Waals surface area contributed by atoms with E-state index < -0.39 is 0 Å². The Morgan fingerprint density at radius 1 is 1.67 bits per heavy atom. The molecule has 0 aliphatic rings. The van der Waals surface area contributed by atoms with Crippen LogP contribution in [0.3, 0.4) is 0 Å². The van der Waals surface area contributed by atoms with Gasteiger partial charge in [-0.05, 0) is 13.0 Å². The van der Waals surface area contributed by atoms with Crippen molar-refractivity contribution in [3.05, 3.63) is 17.7 Å². The van der Waals surface area contributed by atoms with Crippen LogP contribution < -0.4 is 5.73 Å². The number of nitrogens with zero attached hydrogens (tertiary/aromatic N) is 1. The Balaban J connectivity index is 2.63. The number of aromatic nitrogens is 2. The highest BCUT2D eigenvalue weighted by molar-refractivity contribution is 5.04. The summed E-state index contributed by atoms with van der Waals surface area (Å²) in [5.41, 5.74) is 6.58. The highest BCUT2D eigenvalue weighted by Gasteiger charge is 2.06. The van der Waals surface area contributed by atoms with Gasteiger partial charge in [-0.15, -0.1) is 0 Å². The van der Waals surface area contributed by atoms with Crippen molar-refractivity contribution in [2.45, 2.75) is 32.6 Å². The molecular weight excluding hydrogens is 150 g/mol. The first-order valence-electron chi connectivity index (χ1n) is 4.51. The number of nitrogens with one attached hydrogen (secondary N) is 1. The standard InChI is InChI=1S/C9H17N3/c1-3-7(2)9-11-6-8(12-9)4-5-10/h6-7H,3-5,10H2,1-2H3,(H,11,12). The van der Waals surface area contributed by atoms with Gasteiger partial charge in [0.15, 0.2) is 0 Å². The Morgan fingerprint density at radius 2 is 2.42 bits per heavy atom. The Hall–Kier alpha value is -0.830. The molecule has 0 aliphatic heterocycles. The van der Waals surface area contributed by atoms with Gasteiger partial charge < -0.3 is 10.7 Å². The summed E-state index contributed by atoms with van der Waals surface area (Å²) in [7, 11) is 0. The fourth-order valence-corrected chi connectivity index (χ4v) is 1.10. The summed E-state index contributed by atoms with van der Waals surface area (Å²) in [4.78, 5) is 7.57. The van der Waals surface area contributed by atoms with Gasteiger partial charge in [0.1, 0.15) is 5.82 Å². The second-order valence-electron chi connectivity index (χ2n) is 3.14. The van der Waals surface area contributed by atoms with E-state index in [0.717, 1.165) is 24.4 Å². The number of imidazole rings is 1. The van der Waals surface area contributed by atoms with Crippen LogP contribution in [0.1, 0.15) is 37.7 Å². The minimum atomic E-state index is 0.525. The molecule has 1 aromatic rings. The molecular formula is C9H17N3. The Kier molecular flexibility index (Phi) is 3.29. The van der Waals surface area contributed by atoms with Crippen LogP contribution in [0.15, 0.2) is 6.20 Å². The maximum atomic E-state index is 5.43. The van der Waals surface area contributed by atoms with Crippen LogP contribution in [-0.4, -0.2) is 16.5 Å². The van der Waals surface area contributed by atoms with Crippen LogP contribution >= 0.6 is 0 Å². The summed E-state index contributed by atoms with van der Waals surface area (Å²) in [6.07, 6.45) is 3.90. The fourth-order valence-electron chi connectivity index (χ4n) is 1.10. The molecule has 0 bridgehead atoms. The van der Waals surface area contributed by atoms with Gasteiger partial charge in [0.2, 0.25) is 0 Å². The highest BCUT2D eigenvalue weighted by atomic mass is 14.9. The summed E-state index contributed by atoms with van der Waals surface area (Å²) in [5, 5.41) is 0. The van der Waals surface area contributed by atoms with Gasteiger partial charge in [0, 0.05) is 24.2 Å². The first-order valence-corrected chi connectivity index (χ1v) is 4.51. The monoisotopic (exact) mass is 167 g/mol. The average molecular weight is 167 g/mol. The van der Waals surface area contributed by atoms with Crippen LogP contribution in [0.4, 0.5) is 0 Å². The molecule has 0 fully saturated rings. The largest absolute Gasteiger partial charge is 0.346 e. The van der Waals surface area contributed by atoms with E-state index in [2.05, 4.69) is 23.8 Å². The molecule has 0 aromatic carbocycles. The Bertz CT molecular complexity index is 229. The van der Waals surface area contributed by atoms with Crippen LogP contribution in [0.25, 0.3) is 0 Å². The molecule has 3 nitrogen and oxygen atoms in total. The van der Waals surface area contributed by atoms with Crippen molar-refractivity contribution in [1.82, 2.24) is 9.97 Å². The molecule has 68 valence electrons. The zero-order valence-electron chi connectivity index (χ0n) is 7.80. The van der Waals surface area contributed by atoms with Gasteiger partial charge >= 0.3 is 0 Å². The number of nitrogens with two attached hydrogens (primary N) is 1. The van der Waals surface area contributed by atoms with Crippen molar-refractivity contribution in [3.63, 3.8) is 0 Å². The van der Waals surface area contributed by atoms with E-state index in [9.17, 15) is 0 Å². The van der Waals surface area contributed by atoms with Gasteiger partial charge in [0.05, 0.1) is 0 Å². The topological polar surface area (TPSA) is 54.7 Å². The van der Waals surface area contributed by atoms with E-state index in [-0.39, 0.29) is 0 Å². The Morgan fingerprint density at radius 3 is 3.00 bits per heavy atom. The van der Waals surface area contributed by atoms with Crippen LogP contribution in [0.5, 0.6) is 0 Å². The van der Waals surface area contributed by atoms with E-state index in [1.54, 1.807) is 0 Å². The van der Waals surface area contributed by atoms with Gasteiger partial charge in [-0.1, -0.05) is 13.8 Å². The van der Waals surface area contributed by atoms with Crippen molar-refractivity contribution >= 4 is 0 Å². The zero-order chi connectivity index (χ0) is 8.97. The van der Waals surface area contributed by atoms with Gasteiger partial charge in [0.25, 0.3) is 0 Å². The third-order valence-corrected chi connectivity index (χ3v) is 2.14. The average Bonchev–Trinajstić information content (AvgIpc) is 2.52. The molecule has 3 heteroatoms. The lowest BCUT2D eigenvalue weighted by Gasteiger charge is -2.02. The van der Waals surface area contributed by atoms with Crippen LogP contribution in [0, 0.1) is 0 Å². The van der Waals surface area contributed by atoms with Crippen LogP contribution in [0.2, 0.25) is 0 Å². The molecule has 1 rings (SSSR count). The normalized spacial score (nSPS) is 13.2. The maximum Gasteiger partial charge on any atom is 0.109 e. The summed E-state index contributed by atoms with van der Waals surface area (Å²) in [6, 6.07) is 0. The lowest BCUT2D eigenvalue weighted by atomic mass is 10.1. The second kappa shape index (κ2) is 4.26. The fraction of sp³-hybridized carbons (Fsp3) is 0.667. The lowest BCUT2D eigenvalue weighted by Crippen LogP contribution is -2.03. The number of H-pyrrole nitrogens is 1. The van der Waals surface area contributed by atoms with Gasteiger partial charge in [-0.25, -0.2) is 4.98 Å². The molecule has 0 amide bonds. The molecule has 1 heterocycles. The third-order valence-electron chi connectivity index (χ3n) is 2.14. The second-order valence-corrected chi connectivity index (χ2v) is 3.14. The zero-order valence-corrected chi connectivity index (χ0v) is 7.80. The minimum Gasteiger partial charge on any atom is -0.346 e. The minimum absolute atomic E-state index is 0.525. The molecule has 0 aliphatic carbocycles. The van der Waals surface area contributed by atoms with Gasteiger partial charge in [-0.3, -0.25) is 0 Å².